The van der Waals surface area contributed by atoms with Gasteiger partial charge in [-0.2, -0.15) is 13.2 Å². The summed E-state index contributed by atoms with van der Waals surface area (Å²) in [5, 5.41) is 3.20. The first kappa shape index (κ1) is 15.8. The Balaban J connectivity index is 2.52. The van der Waals surface area contributed by atoms with Gasteiger partial charge in [0.05, 0.1) is 5.56 Å². The van der Waals surface area contributed by atoms with Crippen LogP contribution in [0.3, 0.4) is 0 Å². The average molecular weight is 275 g/mol. The molecular formula is C14H20F3NO. The molecule has 1 rings (SSSR count). The van der Waals surface area contributed by atoms with Crippen molar-refractivity contribution < 1.29 is 17.9 Å². The smallest absolute Gasteiger partial charge is 0.416 e. The van der Waals surface area contributed by atoms with Crippen molar-refractivity contribution in [3.05, 3.63) is 29.8 Å². The van der Waals surface area contributed by atoms with E-state index in [0.717, 1.165) is 18.7 Å². The Bertz CT molecular complexity index is 391. The van der Waals surface area contributed by atoms with Crippen LogP contribution in [-0.4, -0.2) is 19.2 Å². The fraction of sp³-hybridized carbons (Fsp3) is 0.571. The largest absolute Gasteiger partial charge is 0.489 e. The Kier molecular flexibility index (Phi) is 5.66. The molecule has 0 aromatic heterocycles. The first-order valence-corrected chi connectivity index (χ1v) is 6.33. The van der Waals surface area contributed by atoms with Crippen molar-refractivity contribution in [2.24, 2.45) is 5.92 Å². The van der Waals surface area contributed by atoms with E-state index in [1.54, 1.807) is 0 Å². The van der Waals surface area contributed by atoms with Crippen LogP contribution in [0.2, 0.25) is 0 Å². The highest BCUT2D eigenvalue weighted by Gasteiger charge is 2.30. The molecule has 1 aromatic rings. The maximum Gasteiger partial charge on any atom is 0.416 e. The Labute approximate surface area is 112 Å². The number of halogens is 3. The summed E-state index contributed by atoms with van der Waals surface area (Å²) in [5.74, 6) is 0.773. The van der Waals surface area contributed by atoms with Crippen LogP contribution in [0.5, 0.6) is 5.75 Å². The minimum Gasteiger partial charge on any atom is -0.489 e. The molecule has 1 N–H and O–H groups in total. The molecule has 1 aromatic carbocycles. The molecule has 0 radical (unpaired) electrons. The molecule has 0 heterocycles. The first-order valence-electron chi connectivity index (χ1n) is 6.33. The summed E-state index contributed by atoms with van der Waals surface area (Å²) in [4.78, 5) is 0. The summed E-state index contributed by atoms with van der Waals surface area (Å²) in [7, 11) is 0. The van der Waals surface area contributed by atoms with E-state index in [1.165, 1.54) is 12.1 Å². The molecule has 0 fully saturated rings. The van der Waals surface area contributed by atoms with Crippen LogP contribution in [-0.2, 0) is 6.18 Å². The minimum absolute atomic E-state index is 0.178. The van der Waals surface area contributed by atoms with Crippen molar-refractivity contribution in [1.82, 2.24) is 5.32 Å². The Morgan fingerprint density at radius 3 is 2.42 bits per heavy atom. The van der Waals surface area contributed by atoms with Crippen LogP contribution < -0.4 is 10.1 Å². The highest BCUT2D eigenvalue weighted by atomic mass is 19.4. The minimum atomic E-state index is -4.33. The quantitative estimate of drug-likeness (QED) is 0.854. The van der Waals surface area contributed by atoms with Crippen molar-refractivity contribution in [3.8, 4) is 5.75 Å². The van der Waals surface area contributed by atoms with Gasteiger partial charge in [0, 0.05) is 6.54 Å². The van der Waals surface area contributed by atoms with E-state index >= 15 is 0 Å². The maximum atomic E-state index is 12.5. The Hall–Kier alpha value is -1.23. The van der Waals surface area contributed by atoms with Gasteiger partial charge in [-0.15, -0.1) is 0 Å². The van der Waals surface area contributed by atoms with Gasteiger partial charge in [-0.25, -0.2) is 0 Å². The second-order valence-corrected chi connectivity index (χ2v) is 5.01. The summed E-state index contributed by atoms with van der Waals surface area (Å²) >= 11 is 0. The molecule has 0 saturated heterocycles. The zero-order valence-corrected chi connectivity index (χ0v) is 11.4. The molecular weight excluding hydrogens is 255 g/mol. The van der Waals surface area contributed by atoms with Gasteiger partial charge >= 0.3 is 6.18 Å². The average Bonchev–Trinajstić information content (AvgIpc) is 2.27. The maximum absolute atomic E-state index is 12.5. The third kappa shape index (κ3) is 5.96. The van der Waals surface area contributed by atoms with E-state index in [1.807, 2.05) is 6.92 Å². The molecule has 5 heteroatoms. The van der Waals surface area contributed by atoms with Crippen LogP contribution in [0.1, 0.15) is 26.3 Å². The third-order valence-corrected chi connectivity index (χ3v) is 2.48. The fourth-order valence-electron chi connectivity index (χ4n) is 1.59. The molecule has 0 saturated carbocycles. The molecule has 0 aliphatic rings. The molecule has 0 spiro atoms. The summed E-state index contributed by atoms with van der Waals surface area (Å²) in [5.41, 5.74) is -0.688. The molecule has 0 bridgehead atoms. The van der Waals surface area contributed by atoms with E-state index in [2.05, 4.69) is 19.2 Å². The number of alkyl halides is 3. The van der Waals surface area contributed by atoms with Gasteiger partial charge in [-0.1, -0.05) is 19.9 Å². The number of hydrogen-bond donors (Lipinski definition) is 1. The highest BCUT2D eigenvalue weighted by Crippen LogP contribution is 2.31. The zero-order chi connectivity index (χ0) is 14.5. The second kappa shape index (κ2) is 6.80. The molecule has 19 heavy (non-hydrogen) atoms. The monoisotopic (exact) mass is 275 g/mol. The number of rotatable bonds is 6. The van der Waals surface area contributed by atoms with Crippen LogP contribution in [0, 0.1) is 5.92 Å². The molecule has 1 atom stereocenters. The molecule has 0 aliphatic carbocycles. The van der Waals surface area contributed by atoms with Crippen molar-refractivity contribution in [1.29, 1.82) is 0 Å². The lowest BCUT2D eigenvalue weighted by molar-refractivity contribution is -0.137. The normalized spacial score (nSPS) is 13.6. The number of hydrogen-bond acceptors (Lipinski definition) is 2. The highest BCUT2D eigenvalue weighted by molar-refractivity contribution is 5.30. The van der Waals surface area contributed by atoms with Gasteiger partial charge in [0.1, 0.15) is 11.9 Å². The van der Waals surface area contributed by atoms with Crippen LogP contribution in [0.15, 0.2) is 24.3 Å². The Morgan fingerprint density at radius 1 is 1.16 bits per heavy atom. The number of benzene rings is 1. The van der Waals surface area contributed by atoms with E-state index in [-0.39, 0.29) is 11.9 Å². The zero-order valence-electron chi connectivity index (χ0n) is 11.4. The number of ether oxygens (including phenoxy) is 1. The summed E-state index contributed by atoms with van der Waals surface area (Å²) < 4.78 is 43.1. The van der Waals surface area contributed by atoms with Gasteiger partial charge in [0.2, 0.25) is 0 Å². The van der Waals surface area contributed by atoms with Crippen LogP contribution >= 0.6 is 0 Å². The summed E-state index contributed by atoms with van der Waals surface area (Å²) in [6.45, 7) is 7.47. The van der Waals surface area contributed by atoms with E-state index < -0.39 is 11.7 Å². The van der Waals surface area contributed by atoms with Gasteiger partial charge in [-0.3, -0.25) is 0 Å². The van der Waals surface area contributed by atoms with Crippen LogP contribution in [0.25, 0.3) is 0 Å². The van der Waals surface area contributed by atoms with Gasteiger partial charge in [-0.05, 0) is 37.6 Å². The third-order valence-electron chi connectivity index (χ3n) is 2.48. The van der Waals surface area contributed by atoms with Gasteiger partial charge in [0.15, 0.2) is 0 Å². The van der Waals surface area contributed by atoms with E-state index in [9.17, 15) is 13.2 Å². The SMILES string of the molecule is CC(C)CNCC(C)Oc1cccc(C(F)(F)F)c1. The van der Waals surface area contributed by atoms with E-state index in [0.29, 0.717) is 12.5 Å². The second-order valence-electron chi connectivity index (χ2n) is 5.01. The molecule has 0 aliphatic heterocycles. The van der Waals surface area contributed by atoms with Gasteiger partial charge < -0.3 is 10.1 Å². The van der Waals surface area contributed by atoms with Crippen molar-refractivity contribution in [3.63, 3.8) is 0 Å². The molecule has 1 unspecified atom stereocenters. The topological polar surface area (TPSA) is 21.3 Å². The fourth-order valence-corrected chi connectivity index (χ4v) is 1.59. The predicted octanol–water partition coefficient (Wildman–Crippen LogP) is 3.72. The van der Waals surface area contributed by atoms with Crippen molar-refractivity contribution >= 4 is 0 Å². The van der Waals surface area contributed by atoms with E-state index in [4.69, 9.17) is 4.74 Å². The standard InChI is InChI=1S/C14H20F3NO/c1-10(2)8-18-9-11(3)19-13-6-4-5-12(7-13)14(15,16)17/h4-7,10-11,18H,8-9H2,1-3H3. The lowest BCUT2D eigenvalue weighted by atomic mass is 10.2. The predicted molar refractivity (Wildman–Crippen MR) is 69.2 cm³/mol. The van der Waals surface area contributed by atoms with Crippen molar-refractivity contribution in [2.45, 2.75) is 33.1 Å². The Morgan fingerprint density at radius 2 is 1.84 bits per heavy atom. The molecule has 0 amide bonds. The first-order chi connectivity index (χ1) is 8.79. The molecule has 2 nitrogen and oxygen atoms in total. The molecule has 108 valence electrons. The van der Waals surface area contributed by atoms with Gasteiger partial charge in [0.25, 0.3) is 0 Å². The van der Waals surface area contributed by atoms with Crippen molar-refractivity contribution in [2.75, 3.05) is 13.1 Å². The van der Waals surface area contributed by atoms with Crippen LogP contribution in [0.4, 0.5) is 13.2 Å². The lowest BCUT2D eigenvalue weighted by Gasteiger charge is -2.17. The summed E-state index contributed by atoms with van der Waals surface area (Å²) in [6.07, 6.45) is -4.51. The number of nitrogens with one attached hydrogen (secondary N) is 1. The lowest BCUT2D eigenvalue weighted by Crippen LogP contribution is -2.31. The summed E-state index contributed by atoms with van der Waals surface area (Å²) in [6, 6.07) is 4.95.